The number of benzene rings is 1. The molecule has 1 aromatic carbocycles. The molecule has 23 heavy (non-hydrogen) atoms. The molecule has 0 aliphatic carbocycles. The van der Waals surface area contributed by atoms with Crippen LogP contribution in [0.1, 0.15) is 5.69 Å². The fourth-order valence-corrected chi connectivity index (χ4v) is 2.97. The van der Waals surface area contributed by atoms with Gasteiger partial charge in [-0.2, -0.15) is 5.10 Å². The normalized spacial score (nSPS) is 11.3. The van der Waals surface area contributed by atoms with Crippen molar-refractivity contribution in [3.8, 4) is 0 Å². The van der Waals surface area contributed by atoms with Crippen LogP contribution >= 0.6 is 11.6 Å². The van der Waals surface area contributed by atoms with Crippen LogP contribution in [0, 0.1) is 0 Å². The van der Waals surface area contributed by atoms with Gasteiger partial charge < -0.3 is 9.47 Å². The molecule has 120 valence electrons. The second-order valence-electron chi connectivity index (χ2n) is 5.78. The average Bonchev–Trinajstić information content (AvgIpc) is 2.77. The molecule has 1 amide bonds. The first kappa shape index (κ1) is 15.6. The summed E-state index contributed by atoms with van der Waals surface area (Å²) in [6.07, 6.45) is 0.138. The Balaban J connectivity index is 2.44. The second kappa shape index (κ2) is 5.38. The van der Waals surface area contributed by atoms with E-state index >= 15 is 0 Å². The number of fused-ring (bicyclic) bond motifs is 3. The molecule has 0 aliphatic heterocycles. The average molecular weight is 333 g/mol. The van der Waals surface area contributed by atoms with Gasteiger partial charge in [0.25, 0.3) is 5.56 Å². The van der Waals surface area contributed by atoms with E-state index in [9.17, 15) is 9.59 Å². The predicted octanol–water partition coefficient (Wildman–Crippen LogP) is 1.71. The van der Waals surface area contributed by atoms with Crippen LogP contribution in [0.3, 0.4) is 0 Å². The molecule has 2 heterocycles. The van der Waals surface area contributed by atoms with Gasteiger partial charge in [0.1, 0.15) is 5.52 Å². The summed E-state index contributed by atoms with van der Waals surface area (Å²) in [5.41, 5.74) is 1.77. The van der Waals surface area contributed by atoms with E-state index in [4.69, 9.17) is 11.6 Å². The number of hydrogen-bond acceptors (Lipinski definition) is 3. The van der Waals surface area contributed by atoms with Crippen molar-refractivity contribution in [3.63, 3.8) is 0 Å². The topological polar surface area (TPSA) is 60.1 Å². The minimum atomic E-state index is -0.198. The van der Waals surface area contributed by atoms with Gasteiger partial charge >= 0.3 is 0 Å². The molecule has 0 saturated heterocycles. The highest BCUT2D eigenvalue weighted by Crippen LogP contribution is 2.30. The molecule has 2 aromatic heterocycles. The van der Waals surface area contributed by atoms with Gasteiger partial charge in [-0.05, 0) is 12.1 Å². The summed E-state index contributed by atoms with van der Waals surface area (Å²) in [5, 5.41) is 6.51. The van der Waals surface area contributed by atoms with Crippen LogP contribution in [-0.2, 0) is 25.3 Å². The van der Waals surface area contributed by atoms with Crippen LogP contribution in [0.25, 0.3) is 21.8 Å². The van der Waals surface area contributed by atoms with E-state index < -0.39 is 0 Å². The van der Waals surface area contributed by atoms with Gasteiger partial charge in [-0.3, -0.25) is 9.59 Å². The Bertz CT molecular complexity index is 1000. The van der Waals surface area contributed by atoms with Gasteiger partial charge in [0.2, 0.25) is 5.91 Å². The zero-order chi connectivity index (χ0) is 16.9. The lowest BCUT2D eigenvalue weighted by Crippen LogP contribution is -2.27. The first-order chi connectivity index (χ1) is 10.8. The van der Waals surface area contributed by atoms with E-state index in [1.807, 2.05) is 23.7 Å². The standard InChI is InChI=1S/C16H17ClN4O2/c1-19(2)13(22)8-11-14-10-6-5-9(17)7-12(10)20(3)15(14)16(23)21(4)18-11/h5-7H,8H2,1-4H3. The smallest absolute Gasteiger partial charge is 0.291 e. The molecule has 0 saturated carbocycles. The van der Waals surface area contributed by atoms with Gasteiger partial charge in [-0.25, -0.2) is 4.68 Å². The molecule has 7 heteroatoms. The third-order valence-corrected chi connectivity index (χ3v) is 4.27. The number of rotatable bonds is 2. The predicted molar refractivity (Wildman–Crippen MR) is 90.9 cm³/mol. The zero-order valence-electron chi connectivity index (χ0n) is 13.4. The molecule has 0 fully saturated rings. The molecular weight excluding hydrogens is 316 g/mol. The van der Waals surface area contributed by atoms with E-state index in [1.165, 1.54) is 9.58 Å². The summed E-state index contributed by atoms with van der Waals surface area (Å²) in [6, 6.07) is 5.46. The number of carbonyl (C=O) groups is 1. The van der Waals surface area contributed by atoms with E-state index in [0.29, 0.717) is 16.2 Å². The van der Waals surface area contributed by atoms with Crippen LogP contribution in [0.4, 0.5) is 0 Å². The largest absolute Gasteiger partial charge is 0.348 e. The van der Waals surface area contributed by atoms with Gasteiger partial charge in [0.15, 0.2) is 0 Å². The Morgan fingerprint density at radius 3 is 2.65 bits per heavy atom. The molecule has 0 radical (unpaired) electrons. The quantitative estimate of drug-likeness (QED) is 0.718. The molecule has 3 aromatic rings. The van der Waals surface area contributed by atoms with Crippen LogP contribution in [0.2, 0.25) is 5.02 Å². The van der Waals surface area contributed by atoms with Crippen molar-refractivity contribution in [2.75, 3.05) is 14.1 Å². The third kappa shape index (κ3) is 2.39. The molecule has 0 aliphatic rings. The second-order valence-corrected chi connectivity index (χ2v) is 6.22. The number of aromatic nitrogens is 3. The molecule has 0 spiro atoms. The van der Waals surface area contributed by atoms with Gasteiger partial charge in [-0.15, -0.1) is 0 Å². The molecular formula is C16H17ClN4O2. The number of nitrogens with zero attached hydrogens (tertiary/aromatic N) is 4. The molecule has 0 N–H and O–H groups in total. The number of hydrogen-bond donors (Lipinski definition) is 0. The molecule has 6 nitrogen and oxygen atoms in total. The Labute approximate surface area is 137 Å². The maximum atomic E-state index is 12.5. The van der Waals surface area contributed by atoms with Crippen LogP contribution in [0.5, 0.6) is 0 Å². The van der Waals surface area contributed by atoms with E-state index in [2.05, 4.69) is 5.10 Å². The highest BCUT2D eigenvalue weighted by molar-refractivity contribution is 6.31. The van der Waals surface area contributed by atoms with Crippen LogP contribution < -0.4 is 5.56 Å². The summed E-state index contributed by atoms with van der Waals surface area (Å²) < 4.78 is 3.09. The SMILES string of the molecule is CN(C)C(=O)Cc1nn(C)c(=O)c2c1c1ccc(Cl)cc1n2C. The van der Waals surface area contributed by atoms with Crippen molar-refractivity contribution in [2.45, 2.75) is 6.42 Å². The molecule has 0 atom stereocenters. The minimum absolute atomic E-state index is 0.0663. The monoisotopic (exact) mass is 332 g/mol. The van der Waals surface area contributed by atoms with Crippen molar-refractivity contribution in [1.29, 1.82) is 0 Å². The first-order valence-electron chi connectivity index (χ1n) is 7.15. The number of halogens is 1. The lowest BCUT2D eigenvalue weighted by atomic mass is 10.1. The van der Waals surface area contributed by atoms with Crippen molar-refractivity contribution < 1.29 is 4.79 Å². The zero-order valence-corrected chi connectivity index (χ0v) is 14.2. The van der Waals surface area contributed by atoms with Crippen molar-refractivity contribution in [2.24, 2.45) is 14.1 Å². The Hall–Kier alpha value is -2.34. The number of amides is 1. The molecule has 3 rings (SSSR count). The van der Waals surface area contributed by atoms with Crippen molar-refractivity contribution in [1.82, 2.24) is 19.2 Å². The Morgan fingerprint density at radius 2 is 2.00 bits per heavy atom. The first-order valence-corrected chi connectivity index (χ1v) is 7.53. The fraction of sp³-hybridized carbons (Fsp3) is 0.312. The molecule has 0 unspecified atom stereocenters. The van der Waals surface area contributed by atoms with Gasteiger partial charge in [0.05, 0.1) is 17.6 Å². The maximum absolute atomic E-state index is 12.5. The lowest BCUT2D eigenvalue weighted by Gasteiger charge is -2.11. The van der Waals surface area contributed by atoms with Gasteiger partial charge in [-0.1, -0.05) is 17.7 Å². The van der Waals surface area contributed by atoms with Crippen LogP contribution in [-0.4, -0.2) is 39.3 Å². The summed E-state index contributed by atoms with van der Waals surface area (Å²) in [5.74, 6) is -0.0663. The Morgan fingerprint density at radius 1 is 1.30 bits per heavy atom. The molecule has 0 bridgehead atoms. The van der Waals surface area contributed by atoms with Crippen molar-refractivity contribution in [3.05, 3.63) is 39.3 Å². The van der Waals surface area contributed by atoms with Crippen LogP contribution in [0.15, 0.2) is 23.0 Å². The fourth-order valence-electron chi connectivity index (χ4n) is 2.81. The summed E-state index contributed by atoms with van der Waals surface area (Å²) in [6.45, 7) is 0. The summed E-state index contributed by atoms with van der Waals surface area (Å²) >= 11 is 6.08. The number of aryl methyl sites for hydroxylation is 2. The van der Waals surface area contributed by atoms with E-state index in [1.54, 1.807) is 27.2 Å². The number of likely N-dealkylation sites (N-methyl/N-ethyl adjacent to an activating group) is 1. The lowest BCUT2D eigenvalue weighted by molar-refractivity contribution is -0.128. The minimum Gasteiger partial charge on any atom is -0.348 e. The Kier molecular flexibility index (Phi) is 3.64. The van der Waals surface area contributed by atoms with E-state index in [-0.39, 0.29) is 17.9 Å². The summed E-state index contributed by atoms with van der Waals surface area (Å²) in [4.78, 5) is 26.2. The van der Waals surface area contributed by atoms with Crippen molar-refractivity contribution >= 4 is 39.3 Å². The van der Waals surface area contributed by atoms with E-state index in [0.717, 1.165) is 16.3 Å². The maximum Gasteiger partial charge on any atom is 0.291 e. The van der Waals surface area contributed by atoms with Gasteiger partial charge in [0, 0.05) is 44.0 Å². The third-order valence-electron chi connectivity index (χ3n) is 4.04. The summed E-state index contributed by atoms with van der Waals surface area (Å²) in [7, 11) is 6.81. The highest BCUT2D eigenvalue weighted by atomic mass is 35.5. The highest BCUT2D eigenvalue weighted by Gasteiger charge is 2.20. The number of carbonyl (C=O) groups excluding carboxylic acids is 1.